The lowest BCUT2D eigenvalue weighted by atomic mass is 10.1. The van der Waals surface area contributed by atoms with Crippen LogP contribution in [0.5, 0.6) is 0 Å². The van der Waals surface area contributed by atoms with E-state index >= 15 is 0 Å². The van der Waals surface area contributed by atoms with Crippen LogP contribution < -0.4 is 10.6 Å². The third kappa shape index (κ3) is 2.96. The number of alkyl halides is 3. The number of rotatable bonds is 3. The molecule has 1 aromatic heterocycles. The molecule has 0 saturated carbocycles. The Labute approximate surface area is 108 Å². The molecular formula is C13H14F3N3. The fourth-order valence-corrected chi connectivity index (χ4v) is 2.12. The van der Waals surface area contributed by atoms with Crippen molar-refractivity contribution in [1.29, 1.82) is 0 Å². The largest absolute Gasteiger partial charge is 0.405 e. The summed E-state index contributed by atoms with van der Waals surface area (Å²) >= 11 is 0. The molecule has 6 heteroatoms. The highest BCUT2D eigenvalue weighted by Gasteiger charge is 2.30. The van der Waals surface area contributed by atoms with Crippen molar-refractivity contribution in [1.82, 2.24) is 4.98 Å². The zero-order valence-electron chi connectivity index (χ0n) is 10.4. The molecule has 2 rings (SSSR count). The van der Waals surface area contributed by atoms with Gasteiger partial charge in [-0.2, -0.15) is 13.2 Å². The minimum atomic E-state index is -4.26. The number of fused-ring (bicyclic) bond motifs is 1. The molecule has 2 N–H and O–H groups in total. The van der Waals surface area contributed by atoms with E-state index in [4.69, 9.17) is 5.73 Å². The molecule has 0 bridgehead atoms. The normalized spacial score (nSPS) is 11.8. The highest BCUT2D eigenvalue weighted by atomic mass is 19.4. The Hall–Kier alpha value is -1.82. The van der Waals surface area contributed by atoms with Crippen molar-refractivity contribution >= 4 is 16.6 Å². The van der Waals surface area contributed by atoms with E-state index in [1.807, 2.05) is 0 Å². The molecule has 0 unspecified atom stereocenters. The Morgan fingerprint density at radius 1 is 1.26 bits per heavy atom. The maximum Gasteiger partial charge on any atom is 0.405 e. The van der Waals surface area contributed by atoms with Crippen LogP contribution in [0.1, 0.15) is 5.56 Å². The SMILES string of the molecule is CN(CC(F)(F)F)c1c(CN)cnc2ccccc12. The highest BCUT2D eigenvalue weighted by Crippen LogP contribution is 2.30. The predicted molar refractivity (Wildman–Crippen MR) is 69.0 cm³/mol. The van der Waals surface area contributed by atoms with E-state index in [1.54, 1.807) is 24.3 Å². The summed E-state index contributed by atoms with van der Waals surface area (Å²) < 4.78 is 37.6. The smallest absolute Gasteiger partial charge is 0.365 e. The summed E-state index contributed by atoms with van der Waals surface area (Å²) in [4.78, 5) is 5.38. The zero-order chi connectivity index (χ0) is 14.0. The number of nitrogens with zero attached hydrogens (tertiary/aromatic N) is 2. The van der Waals surface area contributed by atoms with E-state index in [-0.39, 0.29) is 6.54 Å². The Balaban J connectivity index is 2.55. The molecule has 2 aromatic rings. The molecule has 19 heavy (non-hydrogen) atoms. The molecule has 0 aliphatic heterocycles. The Morgan fingerprint density at radius 3 is 2.58 bits per heavy atom. The van der Waals surface area contributed by atoms with Crippen molar-refractivity contribution in [2.75, 3.05) is 18.5 Å². The second kappa shape index (κ2) is 5.05. The number of hydrogen-bond donors (Lipinski definition) is 1. The molecule has 0 aliphatic rings. The highest BCUT2D eigenvalue weighted by molar-refractivity contribution is 5.93. The summed E-state index contributed by atoms with van der Waals surface area (Å²) in [6.07, 6.45) is -2.73. The van der Waals surface area contributed by atoms with Crippen LogP contribution in [0.3, 0.4) is 0 Å². The summed E-state index contributed by atoms with van der Waals surface area (Å²) in [6.45, 7) is -0.872. The molecule has 0 fully saturated rings. The van der Waals surface area contributed by atoms with Crippen molar-refractivity contribution in [2.45, 2.75) is 12.7 Å². The van der Waals surface area contributed by atoms with Crippen LogP contribution >= 0.6 is 0 Å². The second-order valence-electron chi connectivity index (χ2n) is 4.32. The van der Waals surface area contributed by atoms with Gasteiger partial charge in [-0.3, -0.25) is 4.98 Å². The molecule has 102 valence electrons. The number of aromatic nitrogens is 1. The van der Waals surface area contributed by atoms with Gasteiger partial charge in [0.1, 0.15) is 6.54 Å². The third-order valence-corrected chi connectivity index (χ3v) is 2.84. The van der Waals surface area contributed by atoms with Gasteiger partial charge in [0, 0.05) is 30.7 Å². The molecule has 1 aromatic carbocycles. The first-order valence-electron chi connectivity index (χ1n) is 5.77. The minimum Gasteiger partial charge on any atom is -0.365 e. The average Bonchev–Trinajstić information content (AvgIpc) is 2.35. The standard InChI is InChI=1S/C13H14F3N3/c1-19(8-13(14,15)16)12-9(6-17)7-18-11-5-3-2-4-10(11)12/h2-5,7H,6,8,17H2,1H3. The van der Waals surface area contributed by atoms with Crippen LogP contribution in [0.4, 0.5) is 18.9 Å². The van der Waals surface area contributed by atoms with Crippen molar-refractivity contribution in [3.8, 4) is 0 Å². The zero-order valence-corrected chi connectivity index (χ0v) is 10.4. The van der Waals surface area contributed by atoms with E-state index in [9.17, 15) is 13.2 Å². The van der Waals surface area contributed by atoms with E-state index < -0.39 is 12.7 Å². The van der Waals surface area contributed by atoms with E-state index in [0.717, 1.165) is 0 Å². The Kier molecular flexibility index (Phi) is 3.61. The molecule has 3 nitrogen and oxygen atoms in total. The number of hydrogen-bond acceptors (Lipinski definition) is 3. The summed E-state index contributed by atoms with van der Waals surface area (Å²) in [5.74, 6) is 0. The molecule has 0 saturated heterocycles. The molecule has 1 heterocycles. The summed E-state index contributed by atoms with van der Waals surface area (Å²) in [7, 11) is 1.41. The molecule has 0 radical (unpaired) electrons. The fourth-order valence-electron chi connectivity index (χ4n) is 2.12. The van der Waals surface area contributed by atoms with Gasteiger partial charge in [-0.25, -0.2) is 0 Å². The third-order valence-electron chi connectivity index (χ3n) is 2.84. The quantitative estimate of drug-likeness (QED) is 0.931. The first-order valence-corrected chi connectivity index (χ1v) is 5.77. The number of nitrogens with two attached hydrogens (primary N) is 1. The van der Waals surface area contributed by atoms with Crippen LogP contribution in [0, 0.1) is 0 Å². The van der Waals surface area contributed by atoms with Gasteiger partial charge in [0.05, 0.1) is 11.2 Å². The minimum absolute atomic E-state index is 0.148. The number of benzene rings is 1. The van der Waals surface area contributed by atoms with Crippen LogP contribution in [0.15, 0.2) is 30.5 Å². The number of anilines is 1. The lowest BCUT2D eigenvalue weighted by Crippen LogP contribution is -2.32. The maximum absolute atomic E-state index is 12.5. The lowest BCUT2D eigenvalue weighted by molar-refractivity contribution is -0.119. The lowest BCUT2D eigenvalue weighted by Gasteiger charge is -2.24. The first kappa shape index (κ1) is 13.6. The van der Waals surface area contributed by atoms with Gasteiger partial charge in [0.15, 0.2) is 0 Å². The van der Waals surface area contributed by atoms with Gasteiger partial charge in [-0.05, 0) is 6.07 Å². The number of pyridine rings is 1. The fraction of sp³-hybridized carbons (Fsp3) is 0.308. The number of para-hydroxylation sites is 1. The van der Waals surface area contributed by atoms with Gasteiger partial charge < -0.3 is 10.6 Å². The summed E-state index contributed by atoms with van der Waals surface area (Å²) in [6, 6.07) is 7.09. The molecule has 0 spiro atoms. The second-order valence-corrected chi connectivity index (χ2v) is 4.32. The topological polar surface area (TPSA) is 42.1 Å². The summed E-state index contributed by atoms with van der Waals surface area (Å²) in [5.41, 5.74) is 7.34. The van der Waals surface area contributed by atoms with Gasteiger partial charge in [-0.1, -0.05) is 18.2 Å². The van der Waals surface area contributed by atoms with Gasteiger partial charge in [0.2, 0.25) is 0 Å². The van der Waals surface area contributed by atoms with Crippen molar-refractivity contribution < 1.29 is 13.2 Å². The Morgan fingerprint density at radius 2 is 1.95 bits per heavy atom. The molecule has 0 amide bonds. The van der Waals surface area contributed by atoms with E-state index in [2.05, 4.69) is 4.98 Å². The van der Waals surface area contributed by atoms with Gasteiger partial charge >= 0.3 is 6.18 Å². The Bertz CT molecular complexity index is 581. The van der Waals surface area contributed by atoms with Gasteiger partial charge in [-0.15, -0.1) is 0 Å². The number of halogens is 3. The van der Waals surface area contributed by atoms with Crippen molar-refractivity contribution in [3.05, 3.63) is 36.0 Å². The van der Waals surface area contributed by atoms with Crippen LogP contribution in [-0.4, -0.2) is 24.8 Å². The van der Waals surface area contributed by atoms with Gasteiger partial charge in [0.25, 0.3) is 0 Å². The van der Waals surface area contributed by atoms with Crippen LogP contribution in [0.25, 0.3) is 10.9 Å². The van der Waals surface area contributed by atoms with Crippen molar-refractivity contribution in [2.24, 2.45) is 5.73 Å². The monoisotopic (exact) mass is 269 g/mol. The van der Waals surface area contributed by atoms with E-state index in [0.29, 0.717) is 22.2 Å². The molecule has 0 aliphatic carbocycles. The molecular weight excluding hydrogens is 255 g/mol. The maximum atomic E-state index is 12.5. The van der Waals surface area contributed by atoms with Crippen LogP contribution in [-0.2, 0) is 6.54 Å². The molecule has 0 atom stereocenters. The van der Waals surface area contributed by atoms with Crippen molar-refractivity contribution in [3.63, 3.8) is 0 Å². The van der Waals surface area contributed by atoms with E-state index in [1.165, 1.54) is 18.1 Å². The predicted octanol–water partition coefficient (Wildman–Crippen LogP) is 2.69. The first-order chi connectivity index (χ1) is 8.92. The van der Waals surface area contributed by atoms with Crippen LogP contribution in [0.2, 0.25) is 0 Å². The summed E-state index contributed by atoms with van der Waals surface area (Å²) in [5, 5.41) is 0.678. The average molecular weight is 269 g/mol.